The molecule has 0 saturated heterocycles. The average Bonchev–Trinajstić information content (AvgIpc) is 3.33. The van der Waals surface area contributed by atoms with E-state index in [-0.39, 0.29) is 43.1 Å². The molecule has 7 nitrogen and oxygen atoms in total. The van der Waals surface area contributed by atoms with Gasteiger partial charge in [0.2, 0.25) is 0 Å². The van der Waals surface area contributed by atoms with Crippen LogP contribution in [0.5, 0.6) is 5.75 Å². The van der Waals surface area contributed by atoms with E-state index in [1.165, 1.54) is 35.2 Å². The van der Waals surface area contributed by atoms with E-state index in [0.29, 0.717) is 48.8 Å². The summed E-state index contributed by atoms with van der Waals surface area (Å²) in [5.41, 5.74) is 0.711. The lowest BCUT2D eigenvalue weighted by Crippen LogP contribution is -2.55. The van der Waals surface area contributed by atoms with Gasteiger partial charge in [-0.3, -0.25) is 4.79 Å². The van der Waals surface area contributed by atoms with Gasteiger partial charge < -0.3 is 25.2 Å². The minimum Gasteiger partial charge on any atom is -0.406 e. The van der Waals surface area contributed by atoms with Gasteiger partial charge in [-0.25, -0.2) is 13.6 Å². The van der Waals surface area contributed by atoms with Crippen LogP contribution in [0.3, 0.4) is 0 Å². The normalized spacial score (nSPS) is 23.6. The van der Waals surface area contributed by atoms with Crippen LogP contribution in [0.2, 0.25) is 0 Å². The summed E-state index contributed by atoms with van der Waals surface area (Å²) in [7, 11) is 0. The SMILES string of the molecule is CC1=CCC[C@@]2(C)[C@@H](CC[C@@]2(O)CN(Cc2ccc(OC(F)(F)F)cc2)C(=O)NC(C)C)c2ccc(cc2C(=O)c2ccc(F)c(F)c2)C[C@@H](O)CC1. The predicted octanol–water partition coefficient (Wildman–Crippen LogP) is 8.75. The maximum absolute atomic E-state index is 14.4. The van der Waals surface area contributed by atoms with Gasteiger partial charge in [-0.2, -0.15) is 0 Å². The molecule has 6 rings (SSSR count). The fraction of sp³-hybridized carbons (Fsp3) is 0.463. The third kappa shape index (κ3) is 9.45. The van der Waals surface area contributed by atoms with Crippen LogP contribution in [0.25, 0.3) is 0 Å². The van der Waals surface area contributed by atoms with E-state index in [1.54, 1.807) is 19.9 Å². The number of halogens is 5. The van der Waals surface area contributed by atoms with Crippen molar-refractivity contribution < 1.29 is 46.5 Å². The van der Waals surface area contributed by atoms with Crippen molar-refractivity contribution in [1.29, 1.82) is 0 Å². The Morgan fingerprint density at radius 2 is 1.72 bits per heavy atom. The molecule has 0 heterocycles. The summed E-state index contributed by atoms with van der Waals surface area (Å²) >= 11 is 0. The molecule has 3 aliphatic carbocycles. The van der Waals surface area contributed by atoms with Crippen molar-refractivity contribution in [3.8, 4) is 5.75 Å². The van der Waals surface area contributed by atoms with Crippen molar-refractivity contribution >= 4 is 11.8 Å². The van der Waals surface area contributed by atoms with Crippen molar-refractivity contribution in [3.05, 3.63) is 112 Å². The minimum absolute atomic E-state index is 0.0240. The molecule has 1 saturated carbocycles. The number of fused-ring (bicyclic) bond motifs is 8. The Balaban J connectivity index is 1.57. The second kappa shape index (κ2) is 16.0. The van der Waals surface area contributed by atoms with Gasteiger partial charge in [-0.05, 0) is 125 Å². The van der Waals surface area contributed by atoms with Crippen LogP contribution in [0, 0.1) is 17.0 Å². The lowest BCUT2D eigenvalue weighted by molar-refractivity contribution is -0.274. The summed E-state index contributed by atoms with van der Waals surface area (Å²) in [5.74, 6) is -3.58. The highest BCUT2D eigenvalue weighted by Crippen LogP contribution is 2.59. The summed E-state index contributed by atoms with van der Waals surface area (Å²) in [6.45, 7) is 7.38. The second-order valence-corrected chi connectivity index (χ2v) is 15.1. The van der Waals surface area contributed by atoms with Crippen LogP contribution < -0.4 is 10.1 Å². The van der Waals surface area contributed by atoms with Crippen LogP contribution >= 0.6 is 0 Å². The number of benzene rings is 3. The number of rotatable bonds is 8. The number of alkyl halides is 3. The molecule has 3 aliphatic rings. The first-order valence-electron chi connectivity index (χ1n) is 18.0. The fourth-order valence-corrected chi connectivity index (χ4v) is 7.86. The van der Waals surface area contributed by atoms with Gasteiger partial charge in [0.25, 0.3) is 0 Å². The Kier molecular flexibility index (Phi) is 12.0. The van der Waals surface area contributed by atoms with Gasteiger partial charge in [0.15, 0.2) is 17.4 Å². The third-order valence-corrected chi connectivity index (χ3v) is 10.8. The molecule has 2 bridgehead atoms. The van der Waals surface area contributed by atoms with Gasteiger partial charge in [0.05, 0.1) is 18.2 Å². The lowest BCUT2D eigenvalue weighted by atomic mass is 9.64. The Labute approximate surface area is 306 Å². The van der Waals surface area contributed by atoms with Gasteiger partial charge in [0, 0.05) is 29.1 Å². The third-order valence-electron chi connectivity index (χ3n) is 10.8. The van der Waals surface area contributed by atoms with E-state index >= 15 is 0 Å². The summed E-state index contributed by atoms with van der Waals surface area (Å²) in [4.78, 5) is 29.3. The number of carbonyl (C=O) groups is 2. The largest absolute Gasteiger partial charge is 0.573 e. The number of allylic oxidation sites excluding steroid dienone is 2. The first kappa shape index (κ1) is 39.9. The molecule has 12 heteroatoms. The quantitative estimate of drug-likeness (QED) is 0.122. The van der Waals surface area contributed by atoms with Crippen LogP contribution in [-0.2, 0) is 13.0 Å². The zero-order valence-corrected chi connectivity index (χ0v) is 30.4. The van der Waals surface area contributed by atoms with Gasteiger partial charge >= 0.3 is 12.4 Å². The monoisotopic (exact) mass is 742 g/mol. The summed E-state index contributed by atoms with van der Waals surface area (Å²) in [5, 5.41) is 26.6. The molecular formula is C41H47F5N2O5. The number of aliphatic hydroxyl groups excluding tert-OH is 1. The predicted molar refractivity (Wildman–Crippen MR) is 190 cm³/mol. The van der Waals surface area contributed by atoms with E-state index in [2.05, 4.69) is 16.1 Å². The average molecular weight is 743 g/mol. The van der Waals surface area contributed by atoms with Gasteiger partial charge in [-0.1, -0.05) is 42.8 Å². The molecular weight excluding hydrogens is 695 g/mol. The number of urea groups is 1. The molecule has 3 N–H and O–H groups in total. The maximum atomic E-state index is 14.4. The number of aliphatic hydroxyl groups is 2. The second-order valence-electron chi connectivity index (χ2n) is 15.1. The number of ether oxygens (including phenoxy) is 1. The Hall–Kier alpha value is -4.29. The summed E-state index contributed by atoms with van der Waals surface area (Å²) in [6, 6.07) is 12.9. The lowest BCUT2D eigenvalue weighted by Gasteiger charge is -2.46. The van der Waals surface area contributed by atoms with Gasteiger partial charge in [-0.15, -0.1) is 13.2 Å². The number of nitrogens with zero attached hydrogens (tertiary/aromatic N) is 1. The molecule has 2 amide bonds. The Morgan fingerprint density at radius 3 is 2.38 bits per heavy atom. The first-order valence-corrected chi connectivity index (χ1v) is 18.0. The fourth-order valence-electron chi connectivity index (χ4n) is 7.86. The highest BCUT2D eigenvalue weighted by atomic mass is 19.4. The smallest absolute Gasteiger partial charge is 0.406 e. The maximum Gasteiger partial charge on any atom is 0.573 e. The molecule has 0 aromatic heterocycles. The molecule has 1 fully saturated rings. The Bertz CT molecular complexity index is 1830. The van der Waals surface area contributed by atoms with Crippen molar-refractivity contribution in [1.82, 2.24) is 10.2 Å². The van der Waals surface area contributed by atoms with Crippen molar-refractivity contribution in [3.63, 3.8) is 0 Å². The van der Waals surface area contributed by atoms with Crippen LogP contribution in [-0.4, -0.2) is 57.6 Å². The summed E-state index contributed by atoms with van der Waals surface area (Å²) < 4.78 is 70.7. The van der Waals surface area contributed by atoms with Crippen LogP contribution in [0.4, 0.5) is 26.7 Å². The van der Waals surface area contributed by atoms with E-state index in [0.717, 1.165) is 17.7 Å². The minimum atomic E-state index is -4.86. The van der Waals surface area contributed by atoms with E-state index < -0.39 is 58.6 Å². The van der Waals surface area contributed by atoms with Crippen molar-refractivity contribution in [2.45, 2.75) is 109 Å². The number of nitrogens with one attached hydrogen (secondary N) is 1. The van der Waals surface area contributed by atoms with Crippen LogP contribution in [0.1, 0.15) is 105 Å². The van der Waals surface area contributed by atoms with E-state index in [1.807, 2.05) is 26.0 Å². The van der Waals surface area contributed by atoms with Crippen molar-refractivity contribution in [2.24, 2.45) is 5.41 Å². The zero-order valence-electron chi connectivity index (χ0n) is 30.4. The molecule has 0 spiro atoms. The molecule has 0 radical (unpaired) electrons. The summed E-state index contributed by atoms with van der Waals surface area (Å²) in [6.07, 6.45) is -0.343. The molecule has 3 aromatic carbocycles. The van der Waals surface area contributed by atoms with E-state index in [4.69, 9.17) is 0 Å². The molecule has 4 atom stereocenters. The van der Waals surface area contributed by atoms with Crippen LogP contribution in [0.15, 0.2) is 72.3 Å². The first-order chi connectivity index (χ1) is 24.9. The van der Waals surface area contributed by atoms with E-state index in [9.17, 15) is 41.8 Å². The molecule has 0 aliphatic heterocycles. The zero-order chi connectivity index (χ0) is 38.7. The number of amides is 2. The number of ketones is 1. The van der Waals surface area contributed by atoms with Crippen molar-refractivity contribution in [2.75, 3.05) is 6.54 Å². The highest BCUT2D eigenvalue weighted by molar-refractivity contribution is 6.10. The molecule has 53 heavy (non-hydrogen) atoms. The topological polar surface area (TPSA) is 99.1 Å². The molecule has 286 valence electrons. The molecule has 0 unspecified atom stereocenters. The molecule has 3 aromatic rings. The number of carbonyl (C=O) groups excluding carboxylic acids is 2. The standard InChI is InChI=1S/C41H47F5N2O5/c1-25(2)47-38(51)48(23-27-8-13-31(14-9-27)53-41(44,45)46)24-40(52)19-17-34-32-15-10-28(20-30(49)12-7-26(3)6-5-18-39(34,40)4)21-33(32)37(50)29-11-16-35(42)36(43)22-29/h6,8-11,13-16,21-22,25,30,34,49,52H,5,7,12,17-20,23-24H2,1-4H3,(H,47,51)/t30-,34-,39-,40+/m0/s1. The highest BCUT2D eigenvalue weighted by Gasteiger charge is 2.57. The number of hydrogen-bond donors (Lipinski definition) is 3. The number of hydrogen-bond acceptors (Lipinski definition) is 5. The Morgan fingerprint density at radius 1 is 1.00 bits per heavy atom. The van der Waals surface area contributed by atoms with Gasteiger partial charge in [0.1, 0.15) is 5.75 Å².